The van der Waals surface area contributed by atoms with Gasteiger partial charge in [-0.2, -0.15) is 0 Å². The van der Waals surface area contributed by atoms with Crippen molar-refractivity contribution in [1.82, 2.24) is 14.5 Å². The topological polar surface area (TPSA) is 145 Å². The van der Waals surface area contributed by atoms with Crippen molar-refractivity contribution in [2.24, 2.45) is 4.99 Å². The molecule has 0 saturated carbocycles. The lowest BCUT2D eigenvalue weighted by molar-refractivity contribution is -0.138. The van der Waals surface area contributed by atoms with Gasteiger partial charge in [0.15, 0.2) is 0 Å². The third-order valence-corrected chi connectivity index (χ3v) is 9.39. The van der Waals surface area contributed by atoms with Crippen LogP contribution in [0, 0.1) is 13.8 Å². The number of amides is 2. The number of rotatable bonds is 7. The van der Waals surface area contributed by atoms with Gasteiger partial charge in [0.1, 0.15) is 0 Å². The van der Waals surface area contributed by atoms with Crippen molar-refractivity contribution in [1.29, 1.82) is 0 Å². The molecular weight excluding hydrogens is 548 g/mol. The molecule has 43 heavy (non-hydrogen) atoms. The Morgan fingerprint density at radius 3 is 2.33 bits per heavy atom. The summed E-state index contributed by atoms with van der Waals surface area (Å²) in [4.78, 5) is 57.7. The van der Waals surface area contributed by atoms with Crippen molar-refractivity contribution >= 4 is 47.7 Å². The molecule has 1 unspecified atom stereocenters. The van der Waals surface area contributed by atoms with Crippen LogP contribution in [0.25, 0.3) is 18.2 Å². The Morgan fingerprint density at radius 2 is 1.65 bits per heavy atom. The van der Waals surface area contributed by atoms with Crippen molar-refractivity contribution in [2.45, 2.75) is 79.3 Å². The van der Waals surface area contributed by atoms with E-state index in [-0.39, 0.29) is 43.5 Å². The van der Waals surface area contributed by atoms with Crippen molar-refractivity contribution in [3.63, 3.8) is 0 Å². The molecule has 2 aromatic rings. The average Bonchev–Trinajstić information content (AvgIpc) is 3.50. The highest BCUT2D eigenvalue weighted by Crippen LogP contribution is 2.46. The molecule has 0 spiro atoms. The van der Waals surface area contributed by atoms with Crippen LogP contribution in [0.3, 0.4) is 0 Å². The first-order chi connectivity index (χ1) is 20.4. The van der Waals surface area contributed by atoms with Gasteiger partial charge in [0.2, 0.25) is 0 Å². The third kappa shape index (κ3) is 4.43. The van der Waals surface area contributed by atoms with Crippen LogP contribution in [-0.4, -0.2) is 54.1 Å². The Balaban J connectivity index is 1.41. The standard InChI is InChI=1S/C33H34N4O6/c1-15-20-10-11-36-26(13-25(20)34-23(15)12-24-16(2)21(32(42)35-24)6-8-29(38)39)18(4)31-19(5)37-27(14-28(31)36)17(3)22(33(37)43)7-9-30(40)41/h12-14,19,34H,6-11H2,1-5H3,(H,38,39)(H,40,41)/b23-12-. The number of nitrogens with zero attached hydrogens (tertiary/aromatic N) is 3. The van der Waals surface area contributed by atoms with Gasteiger partial charge >= 0.3 is 11.9 Å². The van der Waals surface area contributed by atoms with Gasteiger partial charge in [0, 0.05) is 58.2 Å². The second-order valence-electron chi connectivity index (χ2n) is 11.7. The molecule has 10 nitrogen and oxygen atoms in total. The number of hydrogen-bond donors (Lipinski definition) is 3. The van der Waals surface area contributed by atoms with Gasteiger partial charge in [-0.3, -0.25) is 19.2 Å². The van der Waals surface area contributed by atoms with E-state index in [1.165, 1.54) is 5.56 Å². The number of aliphatic carboxylic acids is 2. The van der Waals surface area contributed by atoms with Crippen molar-refractivity contribution in [2.75, 3.05) is 0 Å². The summed E-state index contributed by atoms with van der Waals surface area (Å²) in [5.74, 6) is -2.35. The number of carboxylic acids is 2. The number of fused-ring (bicyclic) bond motifs is 5. The molecule has 0 fully saturated rings. The summed E-state index contributed by atoms with van der Waals surface area (Å²) in [7, 11) is 0. The van der Waals surface area contributed by atoms with Crippen LogP contribution in [-0.2, 0) is 32.1 Å². The fourth-order valence-electron chi connectivity index (χ4n) is 7.02. The second kappa shape index (κ2) is 10.2. The summed E-state index contributed by atoms with van der Waals surface area (Å²) < 4.78 is 2.32. The van der Waals surface area contributed by atoms with Crippen molar-refractivity contribution in [3.05, 3.63) is 72.3 Å². The molecule has 0 aliphatic carbocycles. The van der Waals surface area contributed by atoms with Crippen LogP contribution < -0.4 is 10.7 Å². The quantitative estimate of drug-likeness (QED) is 0.457. The first-order valence-electron chi connectivity index (χ1n) is 14.5. The molecule has 6 rings (SSSR count). The maximum atomic E-state index is 13.4. The fourth-order valence-corrected chi connectivity index (χ4v) is 7.02. The van der Waals surface area contributed by atoms with Crippen LogP contribution in [0.15, 0.2) is 33.0 Å². The van der Waals surface area contributed by atoms with Crippen LogP contribution in [0.1, 0.15) is 86.1 Å². The number of H-pyrrole nitrogens is 1. The first-order valence-corrected chi connectivity index (χ1v) is 14.5. The van der Waals surface area contributed by atoms with E-state index < -0.39 is 11.9 Å². The lowest BCUT2D eigenvalue weighted by Gasteiger charge is -2.32. The van der Waals surface area contributed by atoms with Crippen molar-refractivity contribution < 1.29 is 29.4 Å². The number of allylic oxidation sites excluding steroid dienone is 2. The molecule has 4 aliphatic rings. The Labute approximate surface area is 248 Å². The number of nitrogens with one attached hydrogen (secondary N) is 1. The Bertz CT molecular complexity index is 1930. The zero-order valence-corrected chi connectivity index (χ0v) is 24.9. The summed E-state index contributed by atoms with van der Waals surface area (Å²) in [5.41, 5.74) is 10.6. The number of carboxylic acid groups (broad SMARTS) is 2. The van der Waals surface area contributed by atoms with Gasteiger partial charge in [0.25, 0.3) is 11.8 Å². The molecule has 2 aromatic heterocycles. The number of aromatic nitrogens is 2. The smallest absolute Gasteiger partial charge is 0.303 e. The number of carbonyl (C=O) groups is 4. The summed E-state index contributed by atoms with van der Waals surface area (Å²) in [6, 6.07) is -0.190. The van der Waals surface area contributed by atoms with E-state index in [2.05, 4.69) is 40.5 Å². The van der Waals surface area contributed by atoms with Gasteiger partial charge in [-0.15, -0.1) is 0 Å². The molecule has 0 aromatic carbocycles. The zero-order chi connectivity index (χ0) is 30.9. The number of carbonyl (C=O) groups excluding carboxylic acids is 2. The lowest BCUT2D eigenvalue weighted by atomic mass is 9.96. The van der Waals surface area contributed by atoms with E-state index in [4.69, 9.17) is 5.11 Å². The van der Waals surface area contributed by atoms with Gasteiger partial charge in [-0.05, 0) is 99.9 Å². The van der Waals surface area contributed by atoms with E-state index >= 15 is 0 Å². The zero-order valence-electron chi connectivity index (χ0n) is 24.9. The molecule has 4 aliphatic heterocycles. The van der Waals surface area contributed by atoms with Gasteiger partial charge in [-0.1, -0.05) is 0 Å². The highest BCUT2D eigenvalue weighted by atomic mass is 16.4. The normalized spacial score (nSPS) is 19.6. The van der Waals surface area contributed by atoms with Gasteiger partial charge < -0.3 is 24.7 Å². The van der Waals surface area contributed by atoms with Crippen LogP contribution >= 0.6 is 0 Å². The highest BCUT2D eigenvalue weighted by molar-refractivity contribution is 6.30. The van der Waals surface area contributed by atoms with E-state index in [1.807, 2.05) is 31.7 Å². The van der Waals surface area contributed by atoms with Gasteiger partial charge in [-0.25, -0.2) is 4.99 Å². The van der Waals surface area contributed by atoms with Crippen LogP contribution in [0.4, 0.5) is 0 Å². The molecule has 0 bridgehead atoms. The third-order valence-electron chi connectivity index (χ3n) is 9.39. The number of hydrogen-bond acceptors (Lipinski definition) is 4. The Hall–Kier alpha value is -4.73. The minimum atomic E-state index is -0.948. The predicted molar refractivity (Wildman–Crippen MR) is 161 cm³/mol. The molecule has 2 amide bonds. The second-order valence-corrected chi connectivity index (χ2v) is 11.7. The number of aliphatic imine (C=N–C) groups is 1. The lowest BCUT2D eigenvalue weighted by Crippen LogP contribution is -2.32. The minimum Gasteiger partial charge on any atom is -0.481 e. The summed E-state index contributed by atoms with van der Waals surface area (Å²) >= 11 is 0. The fraction of sp³-hybridized carbons (Fsp3) is 0.364. The molecule has 0 radical (unpaired) electrons. The average molecular weight is 583 g/mol. The van der Waals surface area contributed by atoms with E-state index in [0.29, 0.717) is 22.4 Å². The summed E-state index contributed by atoms with van der Waals surface area (Å²) in [6.07, 6.45) is 7.08. The molecule has 222 valence electrons. The minimum absolute atomic E-state index is 0.0763. The largest absolute Gasteiger partial charge is 0.481 e. The molecular formula is C33H34N4O6. The Morgan fingerprint density at radius 1 is 0.977 bits per heavy atom. The Kier molecular flexibility index (Phi) is 6.75. The highest BCUT2D eigenvalue weighted by Gasteiger charge is 2.41. The van der Waals surface area contributed by atoms with E-state index in [9.17, 15) is 24.3 Å². The molecule has 6 heterocycles. The SMILES string of the molecule is CC1=C(CCC(=O)O)C(=O)N=C1/C=c1\[nH]c2c(c1C)CCn1c(c(C)c3c1C=C1C(C)=C(CCC(=O)O)C(=O)N1C3C)C=2. The van der Waals surface area contributed by atoms with E-state index in [0.717, 1.165) is 63.0 Å². The molecule has 3 N–H and O–H groups in total. The van der Waals surface area contributed by atoms with E-state index in [1.54, 1.807) is 0 Å². The van der Waals surface area contributed by atoms with Crippen molar-refractivity contribution in [3.8, 4) is 0 Å². The number of aromatic amines is 1. The summed E-state index contributed by atoms with van der Waals surface area (Å²) in [6.45, 7) is 10.6. The first kappa shape index (κ1) is 28.4. The van der Waals surface area contributed by atoms with Crippen LogP contribution in [0.2, 0.25) is 0 Å². The summed E-state index contributed by atoms with van der Waals surface area (Å²) in [5, 5.41) is 20.1. The predicted octanol–water partition coefficient (Wildman–Crippen LogP) is 3.20. The van der Waals surface area contributed by atoms with Gasteiger partial charge in [0.05, 0.1) is 17.5 Å². The molecule has 10 heteroatoms. The maximum Gasteiger partial charge on any atom is 0.303 e. The molecule has 0 saturated heterocycles. The monoisotopic (exact) mass is 582 g/mol. The maximum absolute atomic E-state index is 13.4. The molecule has 1 atom stereocenters. The van der Waals surface area contributed by atoms with Crippen LogP contribution in [0.5, 0.6) is 0 Å².